The van der Waals surface area contributed by atoms with Crippen LogP contribution in [0.2, 0.25) is 0 Å². The van der Waals surface area contributed by atoms with Gasteiger partial charge in [0, 0.05) is 30.7 Å². The first-order valence-electron chi connectivity index (χ1n) is 11.4. The van der Waals surface area contributed by atoms with Crippen LogP contribution in [0.4, 0.5) is 0 Å². The molecule has 0 aliphatic carbocycles. The number of carbonyl (C=O) groups excluding carboxylic acids is 2. The van der Waals surface area contributed by atoms with Crippen molar-refractivity contribution in [1.29, 1.82) is 0 Å². The lowest BCUT2D eigenvalue weighted by Crippen LogP contribution is -2.29. The van der Waals surface area contributed by atoms with Crippen LogP contribution in [0.25, 0.3) is 5.76 Å². The molecule has 1 saturated heterocycles. The van der Waals surface area contributed by atoms with Crippen LogP contribution in [0, 0.1) is 0 Å². The number of likely N-dealkylation sites (tertiary alicyclic amines) is 1. The number of nitrogens with zero attached hydrogens (tertiary/aromatic N) is 3. The molecule has 0 saturated carbocycles. The number of Topliss-reactive ketones (excluding diaryl/α,β-unsaturated/α-hetero) is 1. The first-order valence-corrected chi connectivity index (χ1v) is 11.4. The van der Waals surface area contributed by atoms with Crippen molar-refractivity contribution >= 4 is 17.4 Å². The van der Waals surface area contributed by atoms with Gasteiger partial charge in [0.15, 0.2) is 0 Å². The number of ether oxygens (including phenoxy) is 1. The van der Waals surface area contributed by atoms with Crippen LogP contribution in [0.5, 0.6) is 5.75 Å². The number of unbranched alkanes of at least 4 members (excludes halogenated alkanes) is 2. The van der Waals surface area contributed by atoms with E-state index in [9.17, 15) is 14.7 Å². The van der Waals surface area contributed by atoms with Crippen LogP contribution in [0.3, 0.4) is 0 Å². The molecule has 1 fully saturated rings. The van der Waals surface area contributed by atoms with Gasteiger partial charge in [0.2, 0.25) is 0 Å². The summed E-state index contributed by atoms with van der Waals surface area (Å²) in [5.41, 5.74) is 1.79. The Kier molecular flexibility index (Phi) is 7.32. The molecule has 1 aliphatic heterocycles. The summed E-state index contributed by atoms with van der Waals surface area (Å²) in [5.74, 6) is -0.956. The van der Waals surface area contributed by atoms with Crippen LogP contribution in [-0.2, 0) is 16.1 Å². The average Bonchev–Trinajstić information content (AvgIpc) is 3.12. The summed E-state index contributed by atoms with van der Waals surface area (Å²) >= 11 is 0. The molecule has 0 bridgehead atoms. The van der Waals surface area contributed by atoms with Gasteiger partial charge in [-0.15, -0.1) is 0 Å². The molecule has 1 aliphatic rings. The van der Waals surface area contributed by atoms with Gasteiger partial charge in [0.05, 0.1) is 17.9 Å². The van der Waals surface area contributed by atoms with Crippen LogP contribution in [0.15, 0.2) is 78.8 Å². The van der Waals surface area contributed by atoms with Crippen LogP contribution in [0.1, 0.15) is 49.0 Å². The molecule has 2 aromatic heterocycles. The molecule has 1 N–H and O–H groups in total. The standard InChI is InChI=1S/C27H27N3O4/c1-2-3-6-17-34-21-10-8-20(9-11-21)25(31)23-24(22-7-4-5-14-29-22)30(27(33)26(23)32)18-19-12-15-28-16-13-19/h4-5,7-16,24,31H,2-3,6,17-18H2,1H3/b25-23-. The number of aromatic nitrogens is 2. The largest absolute Gasteiger partial charge is 0.507 e. The zero-order valence-corrected chi connectivity index (χ0v) is 19.1. The van der Waals surface area contributed by atoms with Crippen molar-refractivity contribution in [1.82, 2.24) is 14.9 Å². The maximum absolute atomic E-state index is 13.1. The van der Waals surface area contributed by atoms with Crippen LogP contribution < -0.4 is 4.74 Å². The summed E-state index contributed by atoms with van der Waals surface area (Å²) in [5, 5.41) is 11.2. The number of ketones is 1. The molecule has 1 atom stereocenters. The van der Waals surface area contributed by atoms with E-state index in [1.54, 1.807) is 73.2 Å². The summed E-state index contributed by atoms with van der Waals surface area (Å²) < 4.78 is 5.74. The second-order valence-electron chi connectivity index (χ2n) is 8.12. The number of carbonyl (C=O) groups is 2. The third-order valence-electron chi connectivity index (χ3n) is 5.75. The van der Waals surface area contributed by atoms with Crippen molar-refractivity contribution in [3.8, 4) is 5.75 Å². The molecule has 174 valence electrons. The Morgan fingerprint density at radius 1 is 1.00 bits per heavy atom. The molecule has 1 aromatic carbocycles. The van der Waals surface area contributed by atoms with Crippen molar-refractivity contribution < 1.29 is 19.4 Å². The maximum Gasteiger partial charge on any atom is 0.296 e. The van der Waals surface area contributed by atoms with E-state index in [-0.39, 0.29) is 17.9 Å². The summed E-state index contributed by atoms with van der Waals surface area (Å²) in [7, 11) is 0. The Balaban J connectivity index is 1.68. The number of benzene rings is 1. The Morgan fingerprint density at radius 2 is 1.76 bits per heavy atom. The maximum atomic E-state index is 13.1. The normalized spacial score (nSPS) is 17.2. The Labute approximate surface area is 198 Å². The van der Waals surface area contributed by atoms with E-state index in [1.807, 2.05) is 0 Å². The van der Waals surface area contributed by atoms with Gasteiger partial charge in [0.25, 0.3) is 11.7 Å². The molecule has 3 heterocycles. The van der Waals surface area contributed by atoms with Crippen LogP contribution >= 0.6 is 0 Å². The monoisotopic (exact) mass is 457 g/mol. The quantitative estimate of drug-likeness (QED) is 0.217. The SMILES string of the molecule is CCCCCOc1ccc(/C(O)=C2/C(=O)C(=O)N(Cc3ccncc3)C2c2ccccn2)cc1. The lowest BCUT2D eigenvalue weighted by Gasteiger charge is -2.24. The van der Waals surface area contributed by atoms with Gasteiger partial charge in [-0.3, -0.25) is 19.6 Å². The highest BCUT2D eigenvalue weighted by Gasteiger charge is 2.46. The lowest BCUT2D eigenvalue weighted by atomic mass is 9.98. The Morgan fingerprint density at radius 3 is 2.44 bits per heavy atom. The minimum atomic E-state index is -0.806. The van der Waals surface area contributed by atoms with E-state index in [0.29, 0.717) is 23.6 Å². The topological polar surface area (TPSA) is 92.6 Å². The number of pyridine rings is 2. The Hall–Kier alpha value is -4.00. The van der Waals surface area contributed by atoms with E-state index in [2.05, 4.69) is 16.9 Å². The number of aliphatic hydroxyl groups is 1. The summed E-state index contributed by atoms with van der Waals surface area (Å²) in [6.07, 6.45) is 8.06. The van der Waals surface area contributed by atoms with E-state index < -0.39 is 17.7 Å². The zero-order valence-electron chi connectivity index (χ0n) is 19.1. The van der Waals surface area contributed by atoms with Crippen molar-refractivity contribution in [2.75, 3.05) is 6.61 Å². The van der Waals surface area contributed by atoms with E-state index >= 15 is 0 Å². The van der Waals surface area contributed by atoms with Crippen LogP contribution in [-0.4, -0.2) is 38.3 Å². The highest BCUT2D eigenvalue weighted by atomic mass is 16.5. The summed E-state index contributed by atoms with van der Waals surface area (Å²) in [6.45, 7) is 2.95. The van der Waals surface area contributed by atoms with Crippen molar-refractivity contribution in [3.63, 3.8) is 0 Å². The predicted octanol–water partition coefficient (Wildman–Crippen LogP) is 4.67. The number of rotatable bonds is 9. The number of hydrogen-bond acceptors (Lipinski definition) is 6. The van der Waals surface area contributed by atoms with Gasteiger partial charge in [-0.1, -0.05) is 25.8 Å². The first-order chi connectivity index (χ1) is 16.6. The van der Waals surface area contributed by atoms with Gasteiger partial charge in [-0.05, 0) is 60.5 Å². The molecule has 0 radical (unpaired) electrons. The molecule has 7 heteroatoms. The third kappa shape index (κ3) is 4.98. The van der Waals surface area contributed by atoms with E-state index in [0.717, 1.165) is 24.8 Å². The molecular formula is C27H27N3O4. The summed E-state index contributed by atoms with van der Waals surface area (Å²) in [4.78, 5) is 36.0. The van der Waals surface area contributed by atoms with Gasteiger partial charge in [-0.2, -0.15) is 0 Å². The fraction of sp³-hybridized carbons (Fsp3) is 0.259. The molecule has 3 aromatic rings. The molecule has 1 amide bonds. The zero-order chi connectivity index (χ0) is 23.9. The third-order valence-corrected chi connectivity index (χ3v) is 5.75. The molecule has 1 unspecified atom stereocenters. The number of amides is 1. The summed E-state index contributed by atoms with van der Waals surface area (Å²) in [6, 6.07) is 15.0. The molecular weight excluding hydrogens is 430 g/mol. The van der Waals surface area contributed by atoms with Crippen molar-refractivity contribution in [2.24, 2.45) is 0 Å². The minimum absolute atomic E-state index is 0.0226. The lowest BCUT2D eigenvalue weighted by molar-refractivity contribution is -0.140. The van der Waals surface area contributed by atoms with Gasteiger partial charge in [-0.25, -0.2) is 0 Å². The Bertz CT molecular complexity index is 1160. The van der Waals surface area contributed by atoms with Crippen molar-refractivity contribution in [3.05, 3.63) is 95.6 Å². The number of hydrogen-bond donors (Lipinski definition) is 1. The molecule has 34 heavy (non-hydrogen) atoms. The smallest absolute Gasteiger partial charge is 0.296 e. The fourth-order valence-electron chi connectivity index (χ4n) is 3.98. The second kappa shape index (κ2) is 10.7. The highest BCUT2D eigenvalue weighted by molar-refractivity contribution is 6.46. The van der Waals surface area contributed by atoms with Gasteiger partial charge < -0.3 is 14.7 Å². The first kappa shape index (κ1) is 23.2. The molecule has 4 rings (SSSR count). The molecule has 0 spiro atoms. The highest BCUT2D eigenvalue weighted by Crippen LogP contribution is 2.39. The van der Waals surface area contributed by atoms with E-state index in [1.165, 1.54) is 4.90 Å². The van der Waals surface area contributed by atoms with Crippen molar-refractivity contribution in [2.45, 2.75) is 38.8 Å². The fourth-order valence-corrected chi connectivity index (χ4v) is 3.98. The van der Waals surface area contributed by atoms with E-state index in [4.69, 9.17) is 4.74 Å². The second-order valence-corrected chi connectivity index (χ2v) is 8.12. The number of aliphatic hydroxyl groups excluding tert-OH is 1. The van der Waals surface area contributed by atoms with Gasteiger partial charge >= 0.3 is 0 Å². The average molecular weight is 458 g/mol. The molecule has 7 nitrogen and oxygen atoms in total. The minimum Gasteiger partial charge on any atom is -0.507 e. The van der Waals surface area contributed by atoms with Gasteiger partial charge in [0.1, 0.15) is 17.6 Å². The predicted molar refractivity (Wildman–Crippen MR) is 128 cm³/mol.